The van der Waals surface area contributed by atoms with Gasteiger partial charge in [0.15, 0.2) is 0 Å². The van der Waals surface area contributed by atoms with Crippen molar-refractivity contribution in [2.24, 2.45) is 0 Å². The standard InChI is InChI=1S/C8H9F.C8H10/c1-6-3-4-8(9)7(2)5-6;1-7-4-3-5-8(2)6-7/h3-5H,1-2H3;3-6H,1-2H3. The van der Waals surface area contributed by atoms with Crippen LogP contribution in [0.5, 0.6) is 0 Å². The number of hydrogen-bond acceptors (Lipinski definition) is 0. The summed E-state index contributed by atoms with van der Waals surface area (Å²) in [7, 11) is 0. The predicted octanol–water partition coefficient (Wildman–Crippen LogP) is 4.75. The van der Waals surface area contributed by atoms with Crippen molar-refractivity contribution in [2.75, 3.05) is 0 Å². The van der Waals surface area contributed by atoms with Crippen LogP contribution in [0, 0.1) is 33.5 Å². The Morgan fingerprint density at radius 3 is 1.59 bits per heavy atom. The van der Waals surface area contributed by atoms with Gasteiger partial charge in [0.1, 0.15) is 5.82 Å². The van der Waals surface area contributed by atoms with Gasteiger partial charge >= 0.3 is 0 Å². The van der Waals surface area contributed by atoms with E-state index in [4.69, 9.17) is 0 Å². The summed E-state index contributed by atoms with van der Waals surface area (Å²) in [5.41, 5.74) is 4.50. The Kier molecular flexibility index (Phi) is 4.89. The zero-order chi connectivity index (χ0) is 12.8. The van der Waals surface area contributed by atoms with Gasteiger partial charge in [-0.1, -0.05) is 53.1 Å². The van der Waals surface area contributed by atoms with Crippen molar-refractivity contribution < 1.29 is 4.39 Å². The van der Waals surface area contributed by atoms with Gasteiger partial charge in [0.05, 0.1) is 0 Å². The van der Waals surface area contributed by atoms with E-state index in [9.17, 15) is 4.39 Å². The van der Waals surface area contributed by atoms with Crippen molar-refractivity contribution in [3.05, 3.63) is 70.5 Å². The number of benzene rings is 2. The first-order valence-corrected chi connectivity index (χ1v) is 5.75. The van der Waals surface area contributed by atoms with Crippen LogP contribution in [0.2, 0.25) is 0 Å². The molecule has 0 aromatic heterocycles. The fourth-order valence-corrected chi connectivity index (χ4v) is 1.60. The summed E-state index contributed by atoms with van der Waals surface area (Å²) in [6, 6.07) is 13.5. The smallest absolute Gasteiger partial charge is 0.126 e. The Labute approximate surface area is 103 Å². The summed E-state index contributed by atoms with van der Waals surface area (Å²) < 4.78 is 12.5. The van der Waals surface area contributed by atoms with Crippen LogP contribution >= 0.6 is 0 Å². The number of aryl methyl sites for hydroxylation is 4. The van der Waals surface area contributed by atoms with E-state index in [1.807, 2.05) is 13.0 Å². The van der Waals surface area contributed by atoms with Crippen molar-refractivity contribution in [1.29, 1.82) is 0 Å². The minimum Gasteiger partial charge on any atom is -0.207 e. The molecule has 0 spiro atoms. The molecule has 0 fully saturated rings. The molecule has 1 heteroatoms. The van der Waals surface area contributed by atoms with Gasteiger partial charge in [-0.15, -0.1) is 0 Å². The van der Waals surface area contributed by atoms with Gasteiger partial charge in [-0.3, -0.25) is 0 Å². The summed E-state index contributed by atoms with van der Waals surface area (Å²) in [4.78, 5) is 0. The lowest BCUT2D eigenvalue weighted by atomic mass is 10.1. The molecule has 0 unspecified atom stereocenters. The summed E-state index contributed by atoms with van der Waals surface area (Å²) in [5, 5.41) is 0. The van der Waals surface area contributed by atoms with E-state index in [0.717, 1.165) is 11.1 Å². The largest absolute Gasteiger partial charge is 0.207 e. The van der Waals surface area contributed by atoms with Gasteiger partial charge in [0.25, 0.3) is 0 Å². The molecule has 0 heterocycles. The highest BCUT2D eigenvalue weighted by Gasteiger charge is 1.93. The molecule has 0 N–H and O–H groups in total. The highest BCUT2D eigenvalue weighted by molar-refractivity contribution is 5.22. The van der Waals surface area contributed by atoms with Gasteiger partial charge in [-0.2, -0.15) is 0 Å². The third kappa shape index (κ3) is 4.81. The summed E-state index contributed by atoms with van der Waals surface area (Å²) in [5.74, 6) is -0.124. The third-order valence-electron chi connectivity index (χ3n) is 2.49. The van der Waals surface area contributed by atoms with Crippen LogP contribution < -0.4 is 0 Å². The molecule has 2 rings (SSSR count). The van der Waals surface area contributed by atoms with Crippen molar-refractivity contribution in [2.45, 2.75) is 27.7 Å². The Balaban J connectivity index is 0.000000171. The predicted molar refractivity (Wildman–Crippen MR) is 71.8 cm³/mol. The summed E-state index contributed by atoms with van der Waals surface area (Å²) >= 11 is 0. The average molecular weight is 230 g/mol. The zero-order valence-electron chi connectivity index (χ0n) is 10.9. The topological polar surface area (TPSA) is 0 Å². The molecular weight excluding hydrogens is 211 g/mol. The molecule has 0 atom stereocenters. The molecule has 17 heavy (non-hydrogen) atoms. The number of hydrogen-bond donors (Lipinski definition) is 0. The van der Waals surface area contributed by atoms with Crippen LogP contribution in [0.15, 0.2) is 42.5 Å². The normalized spacial score (nSPS) is 9.47. The van der Waals surface area contributed by atoms with Crippen LogP contribution in [-0.4, -0.2) is 0 Å². The minimum absolute atomic E-state index is 0.124. The number of halogens is 1. The van der Waals surface area contributed by atoms with Crippen molar-refractivity contribution in [3.63, 3.8) is 0 Å². The zero-order valence-corrected chi connectivity index (χ0v) is 10.9. The van der Waals surface area contributed by atoms with Gasteiger partial charge in [0, 0.05) is 0 Å². The minimum atomic E-state index is -0.124. The lowest BCUT2D eigenvalue weighted by Crippen LogP contribution is -1.81. The van der Waals surface area contributed by atoms with Gasteiger partial charge < -0.3 is 0 Å². The molecular formula is C16H19F. The van der Waals surface area contributed by atoms with E-state index in [2.05, 4.69) is 38.1 Å². The van der Waals surface area contributed by atoms with E-state index in [0.29, 0.717) is 0 Å². The van der Waals surface area contributed by atoms with E-state index < -0.39 is 0 Å². The molecule has 0 aliphatic heterocycles. The Morgan fingerprint density at radius 2 is 1.24 bits per heavy atom. The SMILES string of the molecule is Cc1ccc(F)c(C)c1.Cc1cccc(C)c1. The molecule has 0 saturated heterocycles. The molecule has 2 aromatic carbocycles. The highest BCUT2D eigenvalue weighted by Crippen LogP contribution is 2.07. The van der Waals surface area contributed by atoms with Gasteiger partial charge in [0.2, 0.25) is 0 Å². The molecule has 2 aromatic rings. The van der Waals surface area contributed by atoms with Crippen molar-refractivity contribution in [1.82, 2.24) is 0 Å². The first-order chi connectivity index (χ1) is 7.99. The molecule has 0 nitrogen and oxygen atoms in total. The van der Waals surface area contributed by atoms with Crippen molar-refractivity contribution >= 4 is 0 Å². The van der Waals surface area contributed by atoms with Crippen LogP contribution in [0.3, 0.4) is 0 Å². The summed E-state index contributed by atoms with van der Waals surface area (Å²) in [6.45, 7) is 7.93. The maximum atomic E-state index is 12.5. The van der Waals surface area contributed by atoms with E-state index in [-0.39, 0.29) is 5.82 Å². The lowest BCUT2D eigenvalue weighted by Gasteiger charge is -1.95. The Bertz CT molecular complexity index is 469. The fraction of sp³-hybridized carbons (Fsp3) is 0.250. The van der Waals surface area contributed by atoms with E-state index >= 15 is 0 Å². The van der Waals surface area contributed by atoms with Crippen LogP contribution in [0.4, 0.5) is 4.39 Å². The third-order valence-corrected chi connectivity index (χ3v) is 2.49. The number of rotatable bonds is 0. The van der Waals surface area contributed by atoms with Crippen molar-refractivity contribution in [3.8, 4) is 0 Å². The maximum Gasteiger partial charge on any atom is 0.126 e. The average Bonchev–Trinajstić information content (AvgIpc) is 2.24. The molecule has 0 saturated carbocycles. The molecule has 0 radical (unpaired) electrons. The van der Waals surface area contributed by atoms with E-state index in [1.165, 1.54) is 17.2 Å². The quantitative estimate of drug-likeness (QED) is 0.613. The highest BCUT2D eigenvalue weighted by atomic mass is 19.1. The van der Waals surface area contributed by atoms with E-state index in [1.54, 1.807) is 13.0 Å². The van der Waals surface area contributed by atoms with Crippen LogP contribution in [-0.2, 0) is 0 Å². The second kappa shape index (κ2) is 6.19. The second-order valence-electron chi connectivity index (χ2n) is 4.41. The molecule has 0 bridgehead atoms. The lowest BCUT2D eigenvalue weighted by molar-refractivity contribution is 0.618. The molecule has 0 amide bonds. The molecule has 0 aliphatic carbocycles. The first-order valence-electron chi connectivity index (χ1n) is 5.75. The first kappa shape index (κ1) is 13.4. The van der Waals surface area contributed by atoms with Gasteiger partial charge in [-0.05, 0) is 39.3 Å². The second-order valence-corrected chi connectivity index (χ2v) is 4.41. The van der Waals surface area contributed by atoms with Crippen LogP contribution in [0.1, 0.15) is 22.3 Å². The van der Waals surface area contributed by atoms with Crippen LogP contribution in [0.25, 0.3) is 0 Å². The Hall–Kier alpha value is -1.63. The monoisotopic (exact) mass is 230 g/mol. The maximum absolute atomic E-state index is 12.5. The Morgan fingerprint density at radius 1 is 0.706 bits per heavy atom. The fourth-order valence-electron chi connectivity index (χ4n) is 1.60. The molecule has 90 valence electrons. The summed E-state index contributed by atoms with van der Waals surface area (Å²) in [6.07, 6.45) is 0. The van der Waals surface area contributed by atoms with Gasteiger partial charge in [-0.25, -0.2) is 4.39 Å². The molecule has 0 aliphatic rings.